The van der Waals surface area contributed by atoms with Crippen molar-refractivity contribution in [2.75, 3.05) is 12.4 Å². The summed E-state index contributed by atoms with van der Waals surface area (Å²) in [6.45, 7) is 3.91. The standard InChI is InChI=1S/C9H17N3OS2/c1-3-7-11-8(15-12-7)14-5-4-9(2,10)6-13/h13H,3-6,10H2,1-2H3. The third-order valence-corrected chi connectivity index (χ3v) is 3.90. The molecule has 0 radical (unpaired) electrons. The van der Waals surface area contributed by atoms with E-state index in [-0.39, 0.29) is 6.61 Å². The number of hydrogen-bond acceptors (Lipinski definition) is 6. The molecule has 1 heterocycles. The summed E-state index contributed by atoms with van der Waals surface area (Å²) in [5.74, 6) is 1.77. The molecule has 3 N–H and O–H groups in total. The van der Waals surface area contributed by atoms with Gasteiger partial charge in [-0.1, -0.05) is 18.7 Å². The third-order valence-electron chi connectivity index (χ3n) is 2.03. The van der Waals surface area contributed by atoms with E-state index in [1.807, 2.05) is 13.8 Å². The van der Waals surface area contributed by atoms with Gasteiger partial charge in [-0.05, 0) is 24.9 Å². The molecule has 0 fully saturated rings. The van der Waals surface area contributed by atoms with Crippen LogP contribution < -0.4 is 5.73 Å². The summed E-state index contributed by atoms with van der Waals surface area (Å²) in [7, 11) is 0. The van der Waals surface area contributed by atoms with Gasteiger partial charge in [0.25, 0.3) is 0 Å². The van der Waals surface area contributed by atoms with Crippen molar-refractivity contribution in [1.29, 1.82) is 0 Å². The largest absolute Gasteiger partial charge is 0.394 e. The van der Waals surface area contributed by atoms with Crippen molar-refractivity contribution < 1.29 is 5.11 Å². The Morgan fingerprint density at radius 2 is 2.33 bits per heavy atom. The Hall–Kier alpha value is -0.170. The summed E-state index contributed by atoms with van der Waals surface area (Å²) in [5.41, 5.74) is 5.33. The highest BCUT2D eigenvalue weighted by molar-refractivity contribution is 8.00. The number of rotatable bonds is 6. The van der Waals surface area contributed by atoms with Gasteiger partial charge in [0.15, 0.2) is 4.34 Å². The molecule has 4 nitrogen and oxygen atoms in total. The molecule has 1 atom stereocenters. The fourth-order valence-corrected chi connectivity index (χ4v) is 2.88. The highest BCUT2D eigenvalue weighted by Gasteiger charge is 2.16. The van der Waals surface area contributed by atoms with Gasteiger partial charge in [0, 0.05) is 17.7 Å². The van der Waals surface area contributed by atoms with Crippen LogP contribution in [0.15, 0.2) is 4.34 Å². The van der Waals surface area contributed by atoms with Crippen molar-refractivity contribution in [3.63, 3.8) is 0 Å². The fraction of sp³-hybridized carbons (Fsp3) is 0.778. The molecule has 1 rings (SSSR count). The molecule has 1 unspecified atom stereocenters. The zero-order valence-electron chi connectivity index (χ0n) is 9.06. The molecule has 0 aromatic carbocycles. The SMILES string of the molecule is CCc1nsc(SCCC(C)(N)CO)n1. The lowest BCUT2D eigenvalue weighted by atomic mass is 10.0. The Bertz CT molecular complexity index is 301. The van der Waals surface area contributed by atoms with Gasteiger partial charge < -0.3 is 10.8 Å². The second-order valence-electron chi connectivity index (χ2n) is 3.74. The minimum atomic E-state index is -0.481. The molecule has 6 heteroatoms. The Balaban J connectivity index is 2.31. The first kappa shape index (κ1) is 12.9. The Morgan fingerprint density at radius 1 is 1.60 bits per heavy atom. The molecule has 0 aliphatic carbocycles. The summed E-state index contributed by atoms with van der Waals surface area (Å²) in [4.78, 5) is 4.34. The maximum atomic E-state index is 8.97. The van der Waals surface area contributed by atoms with Crippen molar-refractivity contribution in [2.45, 2.75) is 36.6 Å². The predicted octanol–water partition coefficient (Wildman–Crippen LogP) is 1.29. The minimum Gasteiger partial charge on any atom is -0.394 e. The van der Waals surface area contributed by atoms with Crippen molar-refractivity contribution in [1.82, 2.24) is 9.36 Å². The number of aromatic nitrogens is 2. The number of aliphatic hydroxyl groups is 1. The van der Waals surface area contributed by atoms with E-state index in [0.717, 1.165) is 28.8 Å². The fourth-order valence-electron chi connectivity index (χ4n) is 0.891. The second-order valence-corrected chi connectivity index (χ2v) is 5.83. The van der Waals surface area contributed by atoms with Gasteiger partial charge in [0.05, 0.1) is 6.61 Å². The van der Waals surface area contributed by atoms with E-state index in [4.69, 9.17) is 10.8 Å². The topological polar surface area (TPSA) is 72.0 Å². The quantitative estimate of drug-likeness (QED) is 0.741. The van der Waals surface area contributed by atoms with Crippen molar-refractivity contribution >= 4 is 23.3 Å². The first-order valence-corrected chi connectivity index (χ1v) is 6.68. The van der Waals surface area contributed by atoms with Gasteiger partial charge in [0.2, 0.25) is 0 Å². The lowest BCUT2D eigenvalue weighted by Gasteiger charge is -2.20. The molecule has 15 heavy (non-hydrogen) atoms. The third kappa shape index (κ3) is 4.46. The zero-order chi connectivity index (χ0) is 11.3. The summed E-state index contributed by atoms with van der Waals surface area (Å²) in [5, 5.41) is 8.97. The molecule has 0 saturated heterocycles. The summed E-state index contributed by atoms with van der Waals surface area (Å²) in [6, 6.07) is 0. The van der Waals surface area contributed by atoms with E-state index in [9.17, 15) is 0 Å². The van der Waals surface area contributed by atoms with Crippen molar-refractivity contribution in [2.24, 2.45) is 5.73 Å². The molecular weight excluding hydrogens is 230 g/mol. The van der Waals surface area contributed by atoms with E-state index in [0.29, 0.717) is 0 Å². The van der Waals surface area contributed by atoms with Crippen LogP contribution in [-0.2, 0) is 6.42 Å². The van der Waals surface area contributed by atoms with Gasteiger partial charge in [-0.25, -0.2) is 4.98 Å². The van der Waals surface area contributed by atoms with Crippen LogP contribution in [0.5, 0.6) is 0 Å². The van der Waals surface area contributed by atoms with Crippen LogP contribution in [0.1, 0.15) is 26.1 Å². The Labute approximate surface area is 98.5 Å². The van der Waals surface area contributed by atoms with Crippen LogP contribution >= 0.6 is 23.3 Å². The van der Waals surface area contributed by atoms with Crippen LogP contribution in [0.2, 0.25) is 0 Å². The molecule has 86 valence electrons. The van der Waals surface area contributed by atoms with E-state index in [1.54, 1.807) is 11.8 Å². The van der Waals surface area contributed by atoms with Gasteiger partial charge in [0.1, 0.15) is 5.82 Å². The average molecular weight is 247 g/mol. The maximum Gasteiger partial charge on any atom is 0.170 e. The van der Waals surface area contributed by atoms with Gasteiger partial charge in [-0.2, -0.15) is 4.37 Å². The molecule has 0 aliphatic rings. The molecule has 0 amide bonds. The van der Waals surface area contributed by atoms with Crippen molar-refractivity contribution in [3.05, 3.63) is 5.82 Å². The first-order valence-electron chi connectivity index (χ1n) is 4.92. The average Bonchev–Trinajstić information content (AvgIpc) is 2.66. The van der Waals surface area contributed by atoms with Gasteiger partial charge >= 0.3 is 0 Å². The molecule has 1 aromatic heterocycles. The number of aryl methyl sites for hydroxylation is 1. The second kappa shape index (κ2) is 5.79. The molecule has 0 aliphatic heterocycles. The molecule has 0 bridgehead atoms. The summed E-state index contributed by atoms with van der Waals surface area (Å²) < 4.78 is 5.19. The van der Waals surface area contributed by atoms with Crippen LogP contribution in [0.25, 0.3) is 0 Å². The van der Waals surface area contributed by atoms with E-state index >= 15 is 0 Å². The number of thioether (sulfide) groups is 1. The maximum absolute atomic E-state index is 8.97. The number of nitrogens with zero attached hydrogens (tertiary/aromatic N) is 2. The highest BCUT2D eigenvalue weighted by Crippen LogP contribution is 2.22. The van der Waals surface area contributed by atoms with Crippen LogP contribution in [0.3, 0.4) is 0 Å². The zero-order valence-corrected chi connectivity index (χ0v) is 10.7. The minimum absolute atomic E-state index is 0.0177. The van der Waals surface area contributed by atoms with E-state index in [1.165, 1.54) is 11.5 Å². The van der Waals surface area contributed by atoms with Crippen LogP contribution in [-0.4, -0.2) is 32.4 Å². The summed E-state index contributed by atoms with van der Waals surface area (Å²) in [6.07, 6.45) is 1.65. The van der Waals surface area contributed by atoms with Gasteiger partial charge in [-0.15, -0.1) is 0 Å². The van der Waals surface area contributed by atoms with Crippen LogP contribution in [0.4, 0.5) is 0 Å². The molecule has 0 spiro atoms. The number of hydrogen-bond donors (Lipinski definition) is 2. The van der Waals surface area contributed by atoms with Gasteiger partial charge in [-0.3, -0.25) is 0 Å². The Kier molecular flexibility index (Phi) is 4.98. The lowest BCUT2D eigenvalue weighted by Crippen LogP contribution is -2.40. The van der Waals surface area contributed by atoms with E-state index < -0.39 is 5.54 Å². The van der Waals surface area contributed by atoms with Crippen LogP contribution in [0, 0.1) is 0 Å². The number of nitrogens with two attached hydrogens (primary N) is 1. The Morgan fingerprint density at radius 3 is 2.87 bits per heavy atom. The van der Waals surface area contributed by atoms with Crippen molar-refractivity contribution in [3.8, 4) is 0 Å². The smallest absolute Gasteiger partial charge is 0.170 e. The molecule has 0 saturated carbocycles. The summed E-state index contributed by atoms with van der Waals surface area (Å²) >= 11 is 3.08. The normalized spacial score (nSPS) is 15.2. The molecule has 1 aromatic rings. The monoisotopic (exact) mass is 247 g/mol. The highest BCUT2D eigenvalue weighted by atomic mass is 32.2. The predicted molar refractivity (Wildman–Crippen MR) is 64.3 cm³/mol. The van der Waals surface area contributed by atoms with E-state index in [2.05, 4.69) is 9.36 Å². The molecular formula is C9H17N3OS2. The lowest BCUT2D eigenvalue weighted by molar-refractivity contribution is 0.206. The number of aliphatic hydroxyl groups excluding tert-OH is 1. The first-order chi connectivity index (χ1) is 7.07.